The number of benzene rings is 2. The highest BCUT2D eigenvalue weighted by molar-refractivity contribution is 5.92. The van der Waals surface area contributed by atoms with Gasteiger partial charge in [-0.05, 0) is 23.8 Å². The standard InChI is InChI=1S/C20H20N4O/c1-23-15-18(14-21-23)12-13-20(25)22-24(19-10-6-3-7-11-19)16-17-8-4-2-5-9-17/h2-15H,16H2,1H3,(H,22,25)/b13-12+. The summed E-state index contributed by atoms with van der Waals surface area (Å²) in [5.41, 5.74) is 5.86. The fourth-order valence-electron chi connectivity index (χ4n) is 2.44. The summed E-state index contributed by atoms with van der Waals surface area (Å²) in [6.07, 6.45) is 6.82. The van der Waals surface area contributed by atoms with E-state index in [0.717, 1.165) is 16.8 Å². The van der Waals surface area contributed by atoms with Crippen LogP contribution in [-0.2, 0) is 18.4 Å². The average Bonchev–Trinajstić information content (AvgIpc) is 3.06. The van der Waals surface area contributed by atoms with Crippen molar-refractivity contribution in [1.29, 1.82) is 0 Å². The molecule has 0 unspecified atom stereocenters. The predicted molar refractivity (Wildman–Crippen MR) is 99.5 cm³/mol. The Hall–Kier alpha value is -3.34. The molecule has 1 N–H and O–H groups in total. The van der Waals surface area contributed by atoms with Crippen LogP contribution in [0.3, 0.4) is 0 Å². The third-order valence-corrected chi connectivity index (χ3v) is 3.65. The Morgan fingerprint density at radius 2 is 1.80 bits per heavy atom. The second-order valence-electron chi connectivity index (χ2n) is 5.66. The van der Waals surface area contributed by atoms with Crippen molar-refractivity contribution >= 4 is 17.7 Å². The zero-order valence-electron chi connectivity index (χ0n) is 14.0. The second-order valence-corrected chi connectivity index (χ2v) is 5.66. The summed E-state index contributed by atoms with van der Waals surface area (Å²) in [6, 6.07) is 19.8. The lowest BCUT2D eigenvalue weighted by Crippen LogP contribution is -2.41. The zero-order chi connectivity index (χ0) is 17.5. The maximum Gasteiger partial charge on any atom is 0.262 e. The Balaban J connectivity index is 1.73. The lowest BCUT2D eigenvalue weighted by molar-refractivity contribution is -0.116. The summed E-state index contributed by atoms with van der Waals surface area (Å²) in [6.45, 7) is 0.581. The first-order valence-corrected chi connectivity index (χ1v) is 8.04. The van der Waals surface area contributed by atoms with E-state index in [4.69, 9.17) is 0 Å². The third kappa shape index (κ3) is 4.81. The molecule has 1 heterocycles. The molecule has 0 spiro atoms. The van der Waals surface area contributed by atoms with E-state index in [-0.39, 0.29) is 5.91 Å². The molecule has 3 aromatic rings. The number of amides is 1. The number of rotatable bonds is 6. The van der Waals surface area contributed by atoms with E-state index in [9.17, 15) is 4.79 Å². The van der Waals surface area contributed by atoms with Gasteiger partial charge in [0.05, 0.1) is 18.4 Å². The van der Waals surface area contributed by atoms with Gasteiger partial charge in [0.25, 0.3) is 5.91 Å². The number of hydrogen-bond donors (Lipinski definition) is 1. The molecule has 0 aliphatic rings. The molecule has 3 rings (SSSR count). The first-order valence-electron chi connectivity index (χ1n) is 8.04. The fourth-order valence-corrected chi connectivity index (χ4v) is 2.44. The summed E-state index contributed by atoms with van der Waals surface area (Å²) in [5.74, 6) is -0.191. The van der Waals surface area contributed by atoms with Crippen molar-refractivity contribution < 1.29 is 4.79 Å². The number of para-hydroxylation sites is 1. The number of carbonyl (C=O) groups is 1. The van der Waals surface area contributed by atoms with Crippen LogP contribution in [0.2, 0.25) is 0 Å². The maximum absolute atomic E-state index is 12.3. The molecule has 126 valence electrons. The van der Waals surface area contributed by atoms with Gasteiger partial charge in [-0.25, -0.2) is 0 Å². The Labute approximate surface area is 147 Å². The molecule has 0 aliphatic carbocycles. The van der Waals surface area contributed by atoms with Crippen molar-refractivity contribution in [2.45, 2.75) is 6.54 Å². The van der Waals surface area contributed by atoms with Crippen molar-refractivity contribution in [1.82, 2.24) is 15.2 Å². The van der Waals surface area contributed by atoms with Crippen molar-refractivity contribution in [2.24, 2.45) is 7.05 Å². The molecule has 1 amide bonds. The lowest BCUT2D eigenvalue weighted by Gasteiger charge is -2.25. The number of aryl methyl sites for hydroxylation is 1. The molecule has 5 nitrogen and oxygen atoms in total. The van der Waals surface area contributed by atoms with E-state index < -0.39 is 0 Å². The van der Waals surface area contributed by atoms with E-state index >= 15 is 0 Å². The monoisotopic (exact) mass is 332 g/mol. The smallest absolute Gasteiger partial charge is 0.262 e. The summed E-state index contributed by atoms with van der Waals surface area (Å²) >= 11 is 0. The normalized spacial score (nSPS) is 10.8. The van der Waals surface area contributed by atoms with Gasteiger partial charge in [0.15, 0.2) is 0 Å². The Morgan fingerprint density at radius 1 is 1.12 bits per heavy atom. The topological polar surface area (TPSA) is 50.2 Å². The van der Waals surface area contributed by atoms with Crippen LogP contribution in [0.4, 0.5) is 5.69 Å². The van der Waals surface area contributed by atoms with Crippen molar-refractivity contribution in [2.75, 3.05) is 5.01 Å². The van der Waals surface area contributed by atoms with Crippen LogP contribution < -0.4 is 10.4 Å². The van der Waals surface area contributed by atoms with Crippen LogP contribution in [0.5, 0.6) is 0 Å². The minimum Gasteiger partial charge on any atom is -0.281 e. The minimum atomic E-state index is -0.191. The molecule has 0 atom stereocenters. The summed E-state index contributed by atoms with van der Waals surface area (Å²) in [7, 11) is 1.84. The Kier molecular flexibility index (Phi) is 5.26. The van der Waals surface area contributed by atoms with Gasteiger partial charge in [-0.15, -0.1) is 0 Å². The van der Waals surface area contributed by atoms with E-state index in [1.54, 1.807) is 17.0 Å². The van der Waals surface area contributed by atoms with Gasteiger partial charge in [0.1, 0.15) is 0 Å². The number of hydrogen-bond acceptors (Lipinski definition) is 3. The highest BCUT2D eigenvalue weighted by Crippen LogP contribution is 2.14. The quantitative estimate of drug-likeness (QED) is 0.557. The molecule has 5 heteroatoms. The van der Waals surface area contributed by atoms with Gasteiger partial charge in [-0.3, -0.25) is 19.9 Å². The number of hydrazine groups is 1. The predicted octanol–water partition coefficient (Wildman–Crippen LogP) is 3.17. The van der Waals surface area contributed by atoms with Crippen LogP contribution in [0.15, 0.2) is 79.1 Å². The molecular weight excluding hydrogens is 312 g/mol. The second kappa shape index (κ2) is 7.97. The van der Waals surface area contributed by atoms with E-state index in [1.807, 2.05) is 78.9 Å². The summed E-state index contributed by atoms with van der Waals surface area (Å²) in [4.78, 5) is 12.3. The fraction of sp³-hybridized carbons (Fsp3) is 0.100. The van der Waals surface area contributed by atoms with Crippen molar-refractivity contribution in [3.63, 3.8) is 0 Å². The summed E-state index contributed by atoms with van der Waals surface area (Å²) < 4.78 is 1.70. The van der Waals surface area contributed by atoms with Crippen LogP contribution in [-0.4, -0.2) is 15.7 Å². The first-order chi connectivity index (χ1) is 12.2. The number of carbonyl (C=O) groups excluding carboxylic acids is 1. The molecule has 25 heavy (non-hydrogen) atoms. The van der Waals surface area contributed by atoms with Gasteiger partial charge in [0, 0.05) is 24.9 Å². The largest absolute Gasteiger partial charge is 0.281 e. The molecular formula is C20H20N4O. The minimum absolute atomic E-state index is 0.191. The lowest BCUT2D eigenvalue weighted by atomic mass is 10.2. The van der Waals surface area contributed by atoms with Crippen LogP contribution >= 0.6 is 0 Å². The van der Waals surface area contributed by atoms with Crippen LogP contribution in [0, 0.1) is 0 Å². The SMILES string of the molecule is Cn1cc(/C=C/C(=O)NN(Cc2ccccc2)c2ccccc2)cn1. The van der Waals surface area contributed by atoms with Crippen LogP contribution in [0.25, 0.3) is 6.08 Å². The Bertz CT molecular complexity index is 840. The number of nitrogens with zero attached hydrogens (tertiary/aromatic N) is 3. The molecule has 1 aromatic heterocycles. The third-order valence-electron chi connectivity index (χ3n) is 3.65. The number of nitrogens with one attached hydrogen (secondary N) is 1. The highest BCUT2D eigenvalue weighted by Gasteiger charge is 2.09. The van der Waals surface area contributed by atoms with Gasteiger partial charge >= 0.3 is 0 Å². The molecule has 0 radical (unpaired) electrons. The van der Waals surface area contributed by atoms with Gasteiger partial charge in [-0.1, -0.05) is 48.5 Å². The average molecular weight is 332 g/mol. The van der Waals surface area contributed by atoms with Crippen molar-refractivity contribution in [3.05, 3.63) is 90.3 Å². The molecule has 0 fully saturated rings. The van der Waals surface area contributed by atoms with Gasteiger partial charge < -0.3 is 0 Å². The first kappa shape index (κ1) is 16.5. The molecule has 0 aliphatic heterocycles. The number of aromatic nitrogens is 2. The molecule has 0 saturated heterocycles. The molecule has 2 aromatic carbocycles. The van der Waals surface area contributed by atoms with Crippen molar-refractivity contribution in [3.8, 4) is 0 Å². The maximum atomic E-state index is 12.3. The summed E-state index contributed by atoms with van der Waals surface area (Å²) in [5, 5.41) is 5.92. The van der Waals surface area contributed by atoms with Gasteiger partial charge in [-0.2, -0.15) is 5.10 Å². The van der Waals surface area contributed by atoms with E-state index in [2.05, 4.69) is 10.5 Å². The number of anilines is 1. The van der Waals surface area contributed by atoms with E-state index in [0.29, 0.717) is 6.54 Å². The zero-order valence-corrected chi connectivity index (χ0v) is 14.0. The van der Waals surface area contributed by atoms with E-state index in [1.165, 1.54) is 6.08 Å². The molecule has 0 bridgehead atoms. The highest BCUT2D eigenvalue weighted by atomic mass is 16.2. The molecule has 0 saturated carbocycles. The Morgan fingerprint density at radius 3 is 2.44 bits per heavy atom. The van der Waals surface area contributed by atoms with Crippen LogP contribution in [0.1, 0.15) is 11.1 Å². The van der Waals surface area contributed by atoms with Gasteiger partial charge in [0.2, 0.25) is 0 Å².